The second kappa shape index (κ2) is 8.05. The third kappa shape index (κ3) is 3.58. The van der Waals surface area contributed by atoms with Crippen LogP contribution in [0.15, 0.2) is 89.9 Å². The predicted octanol–water partition coefficient (Wildman–Crippen LogP) is 5.63. The molecule has 148 valence electrons. The van der Waals surface area contributed by atoms with Crippen molar-refractivity contribution in [1.29, 1.82) is 0 Å². The average molecular weight is 398 g/mol. The maximum atomic E-state index is 11.5. The average Bonchev–Trinajstić information content (AvgIpc) is 2.78. The van der Waals surface area contributed by atoms with Crippen molar-refractivity contribution in [2.24, 2.45) is 4.99 Å². The number of fused-ring (bicyclic) bond motifs is 1. The van der Waals surface area contributed by atoms with E-state index in [0.717, 1.165) is 16.3 Å². The van der Waals surface area contributed by atoms with Gasteiger partial charge in [-0.1, -0.05) is 54.6 Å². The summed E-state index contributed by atoms with van der Waals surface area (Å²) in [5.74, 6) is 0.657. The van der Waals surface area contributed by atoms with Gasteiger partial charge in [0.25, 0.3) is 5.69 Å². The molecule has 0 bridgehead atoms. The minimum Gasteiger partial charge on any atom is -0.507 e. The molecule has 0 saturated carbocycles. The van der Waals surface area contributed by atoms with Crippen LogP contribution in [-0.2, 0) is 0 Å². The summed E-state index contributed by atoms with van der Waals surface area (Å²) in [6.07, 6.45) is 0. The van der Waals surface area contributed by atoms with Gasteiger partial charge >= 0.3 is 0 Å². The summed E-state index contributed by atoms with van der Waals surface area (Å²) in [5.41, 5.74) is 1.74. The Labute approximate surface area is 172 Å². The number of para-hydroxylation sites is 2. The van der Waals surface area contributed by atoms with Crippen molar-refractivity contribution in [3.63, 3.8) is 0 Å². The quantitative estimate of drug-likeness (QED) is 0.268. The topological polar surface area (TPSA) is 85.0 Å². The van der Waals surface area contributed by atoms with E-state index in [4.69, 9.17) is 4.74 Å². The number of hydrogen-bond acceptors (Lipinski definition) is 5. The van der Waals surface area contributed by atoms with Gasteiger partial charge in [0.2, 0.25) is 0 Å². The van der Waals surface area contributed by atoms with E-state index < -0.39 is 4.92 Å². The molecule has 0 amide bonds. The molecule has 0 atom stereocenters. The van der Waals surface area contributed by atoms with Crippen LogP contribution >= 0.6 is 0 Å². The van der Waals surface area contributed by atoms with E-state index in [1.165, 1.54) is 6.07 Å². The molecule has 4 aromatic carbocycles. The zero-order valence-corrected chi connectivity index (χ0v) is 16.1. The fraction of sp³-hybridized carbons (Fsp3) is 0.0417. The molecule has 0 spiro atoms. The molecule has 1 N–H and O–H groups in total. The summed E-state index contributed by atoms with van der Waals surface area (Å²) in [4.78, 5) is 15.7. The maximum absolute atomic E-state index is 11.5. The highest BCUT2D eigenvalue weighted by atomic mass is 16.6. The van der Waals surface area contributed by atoms with Gasteiger partial charge in [-0.2, -0.15) is 0 Å². The smallest absolute Gasteiger partial charge is 0.294 e. The van der Waals surface area contributed by atoms with E-state index >= 15 is 0 Å². The minimum absolute atomic E-state index is 0.0249. The van der Waals surface area contributed by atoms with Gasteiger partial charge in [0, 0.05) is 11.6 Å². The Hall–Kier alpha value is -4.19. The minimum atomic E-state index is -0.465. The van der Waals surface area contributed by atoms with Gasteiger partial charge in [0.05, 0.1) is 23.3 Å². The Morgan fingerprint density at radius 1 is 0.967 bits per heavy atom. The molecule has 4 rings (SSSR count). The van der Waals surface area contributed by atoms with Crippen molar-refractivity contribution >= 4 is 27.9 Å². The molecule has 4 aromatic rings. The lowest BCUT2D eigenvalue weighted by Crippen LogP contribution is -2.05. The molecule has 0 unspecified atom stereocenters. The first-order valence-electron chi connectivity index (χ1n) is 9.26. The van der Waals surface area contributed by atoms with Crippen LogP contribution < -0.4 is 4.74 Å². The van der Waals surface area contributed by atoms with E-state index in [1.807, 2.05) is 48.5 Å². The van der Waals surface area contributed by atoms with Crippen LogP contribution in [0.3, 0.4) is 0 Å². The number of aliphatic imine (C=N–C) groups is 1. The number of hydrogen-bond donors (Lipinski definition) is 1. The molecule has 0 fully saturated rings. The number of methoxy groups -OCH3 is 1. The monoisotopic (exact) mass is 398 g/mol. The SMILES string of the molecule is COc1ccc2ccc(O)c(C(=Nc3ccccc3[N+](=O)[O-])c3ccccc3)c2c1. The van der Waals surface area contributed by atoms with Gasteiger partial charge in [-0.15, -0.1) is 0 Å². The first-order chi connectivity index (χ1) is 14.6. The molecule has 0 aliphatic carbocycles. The zero-order valence-electron chi connectivity index (χ0n) is 16.1. The molecular formula is C24H18N2O4. The van der Waals surface area contributed by atoms with Gasteiger partial charge in [-0.25, -0.2) is 4.99 Å². The Morgan fingerprint density at radius 3 is 2.40 bits per heavy atom. The second-order valence-electron chi connectivity index (χ2n) is 6.62. The Morgan fingerprint density at radius 2 is 1.67 bits per heavy atom. The van der Waals surface area contributed by atoms with E-state index in [0.29, 0.717) is 17.0 Å². The molecule has 6 nitrogen and oxygen atoms in total. The van der Waals surface area contributed by atoms with Gasteiger partial charge in [-0.05, 0) is 35.0 Å². The van der Waals surface area contributed by atoms with Gasteiger partial charge in [0.15, 0.2) is 0 Å². The Bertz CT molecular complexity index is 1270. The molecule has 6 heteroatoms. The summed E-state index contributed by atoms with van der Waals surface area (Å²) in [6.45, 7) is 0. The third-order valence-corrected chi connectivity index (χ3v) is 4.80. The van der Waals surface area contributed by atoms with Crippen LogP contribution in [0.25, 0.3) is 10.8 Å². The van der Waals surface area contributed by atoms with Gasteiger partial charge < -0.3 is 9.84 Å². The Kier molecular flexibility index (Phi) is 5.13. The predicted molar refractivity (Wildman–Crippen MR) is 117 cm³/mol. The highest BCUT2D eigenvalue weighted by molar-refractivity contribution is 6.22. The first kappa shape index (κ1) is 19.1. The lowest BCUT2D eigenvalue weighted by Gasteiger charge is -2.14. The summed E-state index contributed by atoms with van der Waals surface area (Å²) >= 11 is 0. The van der Waals surface area contributed by atoms with Crippen LogP contribution in [0.4, 0.5) is 11.4 Å². The first-order valence-corrected chi connectivity index (χ1v) is 9.26. The van der Waals surface area contributed by atoms with Crippen molar-refractivity contribution in [3.8, 4) is 11.5 Å². The van der Waals surface area contributed by atoms with Gasteiger partial charge in [0.1, 0.15) is 17.2 Å². The molecule has 30 heavy (non-hydrogen) atoms. The number of phenols is 1. The molecule has 0 radical (unpaired) electrons. The number of rotatable bonds is 5. The van der Waals surface area contributed by atoms with E-state index in [1.54, 1.807) is 37.4 Å². The summed E-state index contributed by atoms with van der Waals surface area (Å²) in [6, 6.07) is 24.5. The number of benzene rings is 4. The van der Waals surface area contributed by atoms with E-state index in [9.17, 15) is 15.2 Å². The lowest BCUT2D eigenvalue weighted by atomic mass is 9.95. The van der Waals surface area contributed by atoms with Crippen molar-refractivity contribution in [1.82, 2.24) is 0 Å². The Balaban J connectivity index is 2.07. The zero-order chi connectivity index (χ0) is 21.1. The number of nitro groups is 1. The van der Waals surface area contributed by atoms with Crippen molar-refractivity contribution < 1.29 is 14.8 Å². The molecule has 0 saturated heterocycles. The van der Waals surface area contributed by atoms with E-state index in [-0.39, 0.29) is 17.1 Å². The van der Waals surface area contributed by atoms with E-state index in [2.05, 4.69) is 4.99 Å². The normalized spacial score (nSPS) is 11.4. The number of phenolic OH excluding ortho intramolecular Hbond substituents is 1. The highest BCUT2D eigenvalue weighted by Crippen LogP contribution is 2.35. The third-order valence-electron chi connectivity index (χ3n) is 4.80. The van der Waals surface area contributed by atoms with Crippen LogP contribution in [0.5, 0.6) is 11.5 Å². The fourth-order valence-corrected chi connectivity index (χ4v) is 3.36. The maximum Gasteiger partial charge on any atom is 0.294 e. The van der Waals surface area contributed by atoms with Crippen molar-refractivity contribution in [3.05, 3.63) is 106 Å². The van der Waals surface area contributed by atoms with Crippen LogP contribution in [0.2, 0.25) is 0 Å². The molecule has 0 aliphatic rings. The largest absolute Gasteiger partial charge is 0.507 e. The van der Waals surface area contributed by atoms with Crippen molar-refractivity contribution in [2.45, 2.75) is 0 Å². The molecule has 0 aliphatic heterocycles. The summed E-state index contributed by atoms with van der Waals surface area (Å²) in [7, 11) is 1.57. The summed E-state index contributed by atoms with van der Waals surface area (Å²) in [5, 5.41) is 23.9. The van der Waals surface area contributed by atoms with Crippen LogP contribution in [0.1, 0.15) is 11.1 Å². The molecular weight excluding hydrogens is 380 g/mol. The fourth-order valence-electron chi connectivity index (χ4n) is 3.36. The standard InChI is InChI=1S/C24H18N2O4/c1-30-18-13-11-16-12-14-22(27)23(19(16)15-18)24(17-7-3-2-4-8-17)25-20-9-5-6-10-21(20)26(28)29/h2-15,27H,1H3. The summed E-state index contributed by atoms with van der Waals surface area (Å²) < 4.78 is 5.36. The van der Waals surface area contributed by atoms with Crippen molar-refractivity contribution in [2.75, 3.05) is 7.11 Å². The van der Waals surface area contributed by atoms with Crippen LogP contribution in [0, 0.1) is 10.1 Å². The molecule has 0 heterocycles. The molecule has 0 aromatic heterocycles. The van der Waals surface area contributed by atoms with Gasteiger partial charge in [-0.3, -0.25) is 10.1 Å². The van der Waals surface area contributed by atoms with Crippen LogP contribution in [-0.4, -0.2) is 22.9 Å². The number of nitro benzene ring substituents is 1. The number of ether oxygens (including phenoxy) is 1. The number of nitrogens with zero attached hydrogens (tertiary/aromatic N) is 2. The number of aromatic hydroxyl groups is 1. The highest BCUT2D eigenvalue weighted by Gasteiger charge is 2.19. The second-order valence-corrected chi connectivity index (χ2v) is 6.62. The lowest BCUT2D eigenvalue weighted by molar-refractivity contribution is -0.384.